The van der Waals surface area contributed by atoms with Crippen molar-refractivity contribution < 1.29 is 0 Å². The van der Waals surface area contributed by atoms with Crippen LogP contribution in [-0.4, -0.2) is 6.04 Å². The van der Waals surface area contributed by atoms with Crippen molar-refractivity contribution in [2.24, 2.45) is 0 Å². The number of fused-ring (bicyclic) bond motifs is 1. The van der Waals surface area contributed by atoms with E-state index in [9.17, 15) is 0 Å². The Bertz CT molecular complexity index is 546. The van der Waals surface area contributed by atoms with Crippen molar-refractivity contribution in [3.63, 3.8) is 0 Å². The van der Waals surface area contributed by atoms with Crippen LogP contribution in [0.1, 0.15) is 20.8 Å². The summed E-state index contributed by atoms with van der Waals surface area (Å²) in [6.45, 7) is 6.53. The summed E-state index contributed by atoms with van der Waals surface area (Å²) in [7, 11) is 0. The fourth-order valence-electron chi connectivity index (χ4n) is 2.71. The normalized spacial score (nSPS) is 22.8. The quantitative estimate of drug-likeness (QED) is 0.697. The van der Waals surface area contributed by atoms with Crippen LogP contribution in [0.2, 0.25) is 0 Å². The lowest BCUT2D eigenvalue weighted by Crippen LogP contribution is -2.30. The minimum absolute atomic E-state index is 0.373. The van der Waals surface area contributed by atoms with Gasteiger partial charge in [0.25, 0.3) is 0 Å². The fourth-order valence-corrected chi connectivity index (χ4v) is 2.71. The van der Waals surface area contributed by atoms with E-state index in [2.05, 4.69) is 68.2 Å². The smallest absolute Gasteiger partial charge is 0.0811 e. The molecule has 1 heteroatoms. The van der Waals surface area contributed by atoms with Crippen molar-refractivity contribution in [1.29, 1.82) is 0 Å². The minimum Gasteiger partial charge on any atom is -0.334 e. The molecule has 1 aromatic carbocycles. The lowest BCUT2D eigenvalue weighted by atomic mass is 10.1. The van der Waals surface area contributed by atoms with Gasteiger partial charge in [0.2, 0.25) is 0 Å². The third-order valence-corrected chi connectivity index (χ3v) is 3.67. The molecule has 0 N–H and O–H groups in total. The molecule has 0 saturated carbocycles. The lowest BCUT2D eigenvalue weighted by molar-refractivity contribution is 0.864. The standard InChI is InChI=1S/C16H16N/c1-11-9-14-10-12(2)17(16(14)13(11)3)15-7-5-4-6-8-15/h4-8,10,16H,1-3H3. The first-order valence-electron chi connectivity index (χ1n) is 6.02. The zero-order valence-electron chi connectivity index (χ0n) is 10.5. The molecule has 0 bridgehead atoms. The van der Waals surface area contributed by atoms with Gasteiger partial charge < -0.3 is 4.90 Å². The lowest BCUT2D eigenvalue weighted by Gasteiger charge is -2.28. The molecule has 0 fully saturated rings. The van der Waals surface area contributed by atoms with Crippen LogP contribution in [0, 0.1) is 6.08 Å². The summed E-state index contributed by atoms with van der Waals surface area (Å²) in [5.41, 5.74) is 6.57. The third-order valence-electron chi connectivity index (χ3n) is 3.67. The maximum Gasteiger partial charge on any atom is 0.0811 e. The molecule has 1 aromatic rings. The van der Waals surface area contributed by atoms with Crippen molar-refractivity contribution in [3.05, 3.63) is 64.9 Å². The zero-order valence-corrected chi connectivity index (χ0v) is 10.5. The Morgan fingerprint density at radius 1 is 1.06 bits per heavy atom. The molecule has 17 heavy (non-hydrogen) atoms. The van der Waals surface area contributed by atoms with Crippen LogP contribution in [0.15, 0.2) is 58.8 Å². The summed E-state index contributed by atoms with van der Waals surface area (Å²) in [6.07, 6.45) is 5.72. The number of allylic oxidation sites excluding steroid dienone is 3. The molecule has 1 aliphatic carbocycles. The van der Waals surface area contributed by atoms with E-state index >= 15 is 0 Å². The molecule has 85 valence electrons. The average Bonchev–Trinajstić information content (AvgIpc) is 2.77. The molecule has 1 heterocycles. The monoisotopic (exact) mass is 222 g/mol. The van der Waals surface area contributed by atoms with Gasteiger partial charge >= 0.3 is 0 Å². The second-order valence-electron chi connectivity index (χ2n) is 4.78. The predicted molar refractivity (Wildman–Crippen MR) is 71.6 cm³/mol. The Morgan fingerprint density at radius 2 is 1.76 bits per heavy atom. The number of benzene rings is 1. The highest BCUT2D eigenvalue weighted by Gasteiger charge is 2.34. The number of rotatable bonds is 1. The van der Waals surface area contributed by atoms with Gasteiger partial charge in [0.05, 0.1) is 6.04 Å². The first kappa shape index (κ1) is 10.4. The molecular weight excluding hydrogens is 206 g/mol. The minimum atomic E-state index is 0.373. The van der Waals surface area contributed by atoms with Crippen LogP contribution in [0.5, 0.6) is 0 Å². The Hall–Kier alpha value is -1.76. The van der Waals surface area contributed by atoms with E-state index < -0.39 is 0 Å². The highest BCUT2D eigenvalue weighted by molar-refractivity contribution is 5.66. The molecule has 1 atom stereocenters. The van der Waals surface area contributed by atoms with Crippen LogP contribution in [-0.2, 0) is 0 Å². The van der Waals surface area contributed by atoms with Crippen LogP contribution >= 0.6 is 0 Å². The van der Waals surface area contributed by atoms with Crippen LogP contribution < -0.4 is 4.90 Å². The van der Waals surface area contributed by atoms with Gasteiger partial charge in [-0.15, -0.1) is 0 Å². The number of hydrogen-bond acceptors (Lipinski definition) is 1. The fraction of sp³-hybridized carbons (Fsp3) is 0.250. The summed E-state index contributed by atoms with van der Waals surface area (Å²) in [5, 5.41) is 0. The van der Waals surface area contributed by atoms with Crippen LogP contribution in [0.3, 0.4) is 0 Å². The highest BCUT2D eigenvalue weighted by Crippen LogP contribution is 2.40. The van der Waals surface area contributed by atoms with Gasteiger partial charge in [0.15, 0.2) is 0 Å². The number of nitrogens with zero attached hydrogens (tertiary/aromatic N) is 1. The number of hydrogen-bond donors (Lipinski definition) is 0. The van der Waals surface area contributed by atoms with Crippen molar-refractivity contribution >= 4 is 5.69 Å². The first-order valence-corrected chi connectivity index (χ1v) is 6.02. The largest absolute Gasteiger partial charge is 0.334 e. The van der Waals surface area contributed by atoms with Gasteiger partial charge in [-0.2, -0.15) is 0 Å². The maximum absolute atomic E-state index is 3.47. The Kier molecular flexibility index (Phi) is 2.22. The topological polar surface area (TPSA) is 3.24 Å². The Balaban J connectivity index is 2.08. The molecule has 3 rings (SSSR count). The van der Waals surface area contributed by atoms with E-state index in [1.807, 2.05) is 0 Å². The SMILES string of the molecule is CC1=CC2=[C]C(C)=C(C)C2N1c1ccccc1. The second kappa shape index (κ2) is 3.63. The molecule has 0 saturated heterocycles. The molecular formula is C16H16N. The second-order valence-corrected chi connectivity index (χ2v) is 4.78. The molecule has 1 aliphatic heterocycles. The van der Waals surface area contributed by atoms with Gasteiger partial charge in [-0.05, 0) is 61.8 Å². The predicted octanol–water partition coefficient (Wildman–Crippen LogP) is 3.86. The molecule has 1 unspecified atom stereocenters. The van der Waals surface area contributed by atoms with E-state index in [4.69, 9.17) is 0 Å². The number of para-hydroxylation sites is 1. The highest BCUT2D eigenvalue weighted by atomic mass is 15.2. The van der Waals surface area contributed by atoms with Gasteiger partial charge in [0.1, 0.15) is 0 Å². The van der Waals surface area contributed by atoms with Crippen molar-refractivity contribution in [3.8, 4) is 0 Å². The van der Waals surface area contributed by atoms with Crippen LogP contribution in [0.4, 0.5) is 5.69 Å². The molecule has 1 radical (unpaired) electrons. The molecule has 2 aliphatic rings. The maximum atomic E-state index is 3.47. The molecule has 0 spiro atoms. The van der Waals surface area contributed by atoms with Gasteiger partial charge in [-0.25, -0.2) is 0 Å². The molecule has 0 amide bonds. The van der Waals surface area contributed by atoms with Crippen molar-refractivity contribution in [2.45, 2.75) is 26.8 Å². The van der Waals surface area contributed by atoms with E-state index in [-0.39, 0.29) is 0 Å². The Morgan fingerprint density at radius 3 is 2.47 bits per heavy atom. The summed E-state index contributed by atoms with van der Waals surface area (Å²) in [6, 6.07) is 11.0. The van der Waals surface area contributed by atoms with E-state index in [1.54, 1.807) is 0 Å². The summed E-state index contributed by atoms with van der Waals surface area (Å²) >= 11 is 0. The van der Waals surface area contributed by atoms with Gasteiger partial charge in [0, 0.05) is 11.4 Å². The van der Waals surface area contributed by atoms with E-state index in [0.29, 0.717) is 6.04 Å². The third kappa shape index (κ3) is 1.46. The summed E-state index contributed by atoms with van der Waals surface area (Å²) < 4.78 is 0. The molecule has 0 aromatic heterocycles. The van der Waals surface area contributed by atoms with E-state index in [1.165, 1.54) is 28.1 Å². The number of anilines is 1. The summed E-state index contributed by atoms with van der Waals surface area (Å²) in [4.78, 5) is 2.40. The molecule has 1 nitrogen and oxygen atoms in total. The van der Waals surface area contributed by atoms with E-state index in [0.717, 1.165) is 0 Å². The Labute approximate surface area is 103 Å². The first-order chi connectivity index (χ1) is 8.18. The van der Waals surface area contributed by atoms with Crippen molar-refractivity contribution in [1.82, 2.24) is 0 Å². The summed E-state index contributed by atoms with van der Waals surface area (Å²) in [5.74, 6) is 0. The van der Waals surface area contributed by atoms with Crippen LogP contribution in [0.25, 0.3) is 0 Å². The van der Waals surface area contributed by atoms with Crippen molar-refractivity contribution in [2.75, 3.05) is 4.90 Å². The zero-order chi connectivity index (χ0) is 12.0. The average molecular weight is 222 g/mol. The van der Waals surface area contributed by atoms with Gasteiger partial charge in [-0.3, -0.25) is 0 Å². The van der Waals surface area contributed by atoms with Gasteiger partial charge in [-0.1, -0.05) is 18.2 Å².